The smallest absolute Gasteiger partial charge is 0.146 e. The Kier molecular flexibility index (Phi) is 7.00. The molecule has 0 fully saturated rings. The Bertz CT molecular complexity index is 406. The third-order valence-corrected chi connectivity index (χ3v) is 3.95. The number of nitrogens with zero attached hydrogens (tertiary/aromatic N) is 1. The molecule has 0 aliphatic carbocycles. The van der Waals surface area contributed by atoms with Gasteiger partial charge in [-0.1, -0.05) is 19.9 Å². The van der Waals surface area contributed by atoms with E-state index < -0.39 is 0 Å². The van der Waals surface area contributed by atoms with Crippen LogP contribution in [0.3, 0.4) is 0 Å². The molecular formula is C17H29FN2. The maximum atomic E-state index is 14.4. The van der Waals surface area contributed by atoms with Gasteiger partial charge in [0.1, 0.15) is 5.82 Å². The molecule has 1 aromatic rings. The second-order valence-corrected chi connectivity index (χ2v) is 5.43. The van der Waals surface area contributed by atoms with Crippen molar-refractivity contribution in [2.24, 2.45) is 0 Å². The maximum absolute atomic E-state index is 14.4. The Morgan fingerprint density at radius 3 is 2.40 bits per heavy atom. The SMILES string of the molecule is CCCNC(C)c1ccc(N(CC)C(C)CC)c(F)c1. The van der Waals surface area contributed by atoms with Gasteiger partial charge in [0.05, 0.1) is 5.69 Å². The molecule has 0 spiro atoms. The summed E-state index contributed by atoms with van der Waals surface area (Å²) in [6.07, 6.45) is 2.10. The number of hydrogen-bond acceptors (Lipinski definition) is 2. The van der Waals surface area contributed by atoms with Gasteiger partial charge in [-0.05, 0) is 57.9 Å². The van der Waals surface area contributed by atoms with Crippen LogP contribution in [0, 0.1) is 5.82 Å². The van der Waals surface area contributed by atoms with E-state index in [0.717, 1.165) is 31.5 Å². The van der Waals surface area contributed by atoms with Gasteiger partial charge in [0.25, 0.3) is 0 Å². The van der Waals surface area contributed by atoms with Crippen molar-refractivity contribution in [1.29, 1.82) is 0 Å². The molecule has 1 rings (SSSR count). The zero-order valence-corrected chi connectivity index (χ0v) is 13.5. The highest BCUT2D eigenvalue weighted by atomic mass is 19.1. The first-order chi connectivity index (χ1) is 9.54. The van der Waals surface area contributed by atoms with Crippen LogP contribution in [0.5, 0.6) is 0 Å². The van der Waals surface area contributed by atoms with E-state index >= 15 is 0 Å². The van der Waals surface area contributed by atoms with Crippen LogP contribution in [-0.2, 0) is 0 Å². The fraction of sp³-hybridized carbons (Fsp3) is 0.647. The largest absolute Gasteiger partial charge is 0.367 e. The molecule has 1 N–H and O–H groups in total. The minimum absolute atomic E-state index is 0.116. The van der Waals surface area contributed by atoms with Gasteiger partial charge >= 0.3 is 0 Å². The molecule has 1 aromatic carbocycles. The molecule has 0 radical (unpaired) electrons. The lowest BCUT2D eigenvalue weighted by Gasteiger charge is -2.30. The average molecular weight is 280 g/mol. The standard InChI is InChI=1S/C17H29FN2/c1-6-11-19-14(5)15-9-10-17(16(18)12-15)20(8-3)13(4)7-2/h9-10,12-14,19H,6-8,11H2,1-5H3. The zero-order valence-electron chi connectivity index (χ0n) is 13.5. The van der Waals surface area contributed by atoms with Gasteiger partial charge < -0.3 is 10.2 Å². The second kappa shape index (κ2) is 8.25. The van der Waals surface area contributed by atoms with Gasteiger partial charge in [0, 0.05) is 18.6 Å². The van der Waals surface area contributed by atoms with Crippen LogP contribution in [0.4, 0.5) is 10.1 Å². The van der Waals surface area contributed by atoms with E-state index in [-0.39, 0.29) is 11.9 Å². The molecular weight excluding hydrogens is 251 g/mol. The zero-order chi connectivity index (χ0) is 15.1. The van der Waals surface area contributed by atoms with Crippen molar-refractivity contribution in [1.82, 2.24) is 5.32 Å². The van der Waals surface area contributed by atoms with E-state index in [0.29, 0.717) is 11.7 Å². The molecule has 114 valence electrons. The lowest BCUT2D eigenvalue weighted by Crippen LogP contribution is -2.33. The molecule has 0 bridgehead atoms. The van der Waals surface area contributed by atoms with Crippen LogP contribution in [0.15, 0.2) is 18.2 Å². The summed E-state index contributed by atoms with van der Waals surface area (Å²) in [6, 6.07) is 6.18. The van der Waals surface area contributed by atoms with E-state index in [1.807, 2.05) is 12.1 Å². The van der Waals surface area contributed by atoms with Crippen molar-refractivity contribution in [2.75, 3.05) is 18.0 Å². The van der Waals surface area contributed by atoms with Crippen LogP contribution in [-0.4, -0.2) is 19.1 Å². The van der Waals surface area contributed by atoms with E-state index in [4.69, 9.17) is 0 Å². The van der Waals surface area contributed by atoms with Crippen LogP contribution in [0.2, 0.25) is 0 Å². The number of rotatable bonds is 8. The van der Waals surface area contributed by atoms with Gasteiger partial charge in [0.2, 0.25) is 0 Å². The fourth-order valence-electron chi connectivity index (χ4n) is 2.44. The summed E-state index contributed by atoms with van der Waals surface area (Å²) in [5.74, 6) is -0.116. The van der Waals surface area contributed by atoms with Gasteiger partial charge in [-0.3, -0.25) is 0 Å². The van der Waals surface area contributed by atoms with Crippen molar-refractivity contribution < 1.29 is 4.39 Å². The van der Waals surface area contributed by atoms with E-state index in [1.54, 1.807) is 6.07 Å². The minimum Gasteiger partial charge on any atom is -0.367 e. The van der Waals surface area contributed by atoms with Gasteiger partial charge in [0.15, 0.2) is 0 Å². The number of hydrogen-bond donors (Lipinski definition) is 1. The quantitative estimate of drug-likeness (QED) is 0.753. The number of halogens is 1. The maximum Gasteiger partial charge on any atom is 0.146 e. The van der Waals surface area contributed by atoms with Crippen LogP contribution in [0.25, 0.3) is 0 Å². The normalized spacial score (nSPS) is 14.1. The van der Waals surface area contributed by atoms with Crippen molar-refractivity contribution in [3.05, 3.63) is 29.6 Å². The lowest BCUT2D eigenvalue weighted by atomic mass is 10.1. The Hall–Kier alpha value is -1.09. The fourth-order valence-corrected chi connectivity index (χ4v) is 2.44. The number of benzene rings is 1. The summed E-state index contributed by atoms with van der Waals surface area (Å²) < 4.78 is 14.4. The topological polar surface area (TPSA) is 15.3 Å². The molecule has 0 aliphatic heterocycles. The van der Waals surface area contributed by atoms with E-state index in [9.17, 15) is 4.39 Å². The van der Waals surface area contributed by atoms with Crippen LogP contribution < -0.4 is 10.2 Å². The van der Waals surface area contributed by atoms with Crippen molar-refractivity contribution >= 4 is 5.69 Å². The predicted molar refractivity (Wildman–Crippen MR) is 85.9 cm³/mol. The summed E-state index contributed by atoms with van der Waals surface area (Å²) in [7, 11) is 0. The molecule has 0 amide bonds. The summed E-state index contributed by atoms with van der Waals surface area (Å²) in [5, 5.41) is 3.39. The molecule has 0 saturated heterocycles. The molecule has 2 nitrogen and oxygen atoms in total. The van der Waals surface area contributed by atoms with Crippen molar-refractivity contribution in [3.63, 3.8) is 0 Å². The molecule has 0 saturated carbocycles. The molecule has 0 heterocycles. The van der Waals surface area contributed by atoms with Gasteiger partial charge in [-0.15, -0.1) is 0 Å². The summed E-state index contributed by atoms with van der Waals surface area (Å²) in [6.45, 7) is 12.3. The Labute approximate surface area is 123 Å². The Morgan fingerprint density at radius 1 is 1.20 bits per heavy atom. The highest BCUT2D eigenvalue weighted by Gasteiger charge is 2.16. The molecule has 3 heteroatoms. The predicted octanol–water partition coefficient (Wildman–Crippen LogP) is 4.51. The molecule has 2 unspecified atom stereocenters. The molecule has 0 aromatic heterocycles. The van der Waals surface area contributed by atoms with Gasteiger partial charge in [-0.25, -0.2) is 4.39 Å². The van der Waals surface area contributed by atoms with Gasteiger partial charge in [-0.2, -0.15) is 0 Å². The minimum atomic E-state index is -0.116. The average Bonchev–Trinajstić information content (AvgIpc) is 2.46. The first-order valence-corrected chi connectivity index (χ1v) is 7.84. The highest BCUT2D eigenvalue weighted by Crippen LogP contribution is 2.25. The number of nitrogens with one attached hydrogen (secondary N) is 1. The van der Waals surface area contributed by atoms with E-state index in [1.165, 1.54) is 0 Å². The molecule has 20 heavy (non-hydrogen) atoms. The second-order valence-electron chi connectivity index (χ2n) is 5.43. The van der Waals surface area contributed by atoms with Crippen LogP contribution >= 0.6 is 0 Å². The van der Waals surface area contributed by atoms with Crippen molar-refractivity contribution in [2.45, 2.75) is 59.5 Å². The van der Waals surface area contributed by atoms with Crippen LogP contribution in [0.1, 0.15) is 59.1 Å². The van der Waals surface area contributed by atoms with Crippen molar-refractivity contribution in [3.8, 4) is 0 Å². The first-order valence-electron chi connectivity index (χ1n) is 7.84. The summed E-state index contributed by atoms with van der Waals surface area (Å²) in [4.78, 5) is 2.13. The van der Waals surface area contributed by atoms with E-state index in [2.05, 4.69) is 44.8 Å². The third-order valence-electron chi connectivity index (χ3n) is 3.95. The lowest BCUT2D eigenvalue weighted by molar-refractivity contribution is 0.556. The molecule has 0 aliphatic rings. The highest BCUT2D eigenvalue weighted by molar-refractivity contribution is 5.50. The Balaban J connectivity index is 2.92. The third kappa shape index (κ3) is 4.20. The monoisotopic (exact) mass is 280 g/mol. The summed E-state index contributed by atoms with van der Waals surface area (Å²) >= 11 is 0. The Morgan fingerprint density at radius 2 is 1.90 bits per heavy atom. The molecule has 2 atom stereocenters. The summed E-state index contributed by atoms with van der Waals surface area (Å²) in [5.41, 5.74) is 1.73. The first kappa shape index (κ1) is 17.0. The number of anilines is 1.